The molecule has 0 spiro atoms. The molecule has 1 aromatic heterocycles. The van der Waals surface area contributed by atoms with Crippen molar-refractivity contribution in [2.75, 3.05) is 31.1 Å². The van der Waals surface area contributed by atoms with Crippen LogP contribution in [-0.4, -0.2) is 52.3 Å². The molecule has 4 rings (SSSR count). The summed E-state index contributed by atoms with van der Waals surface area (Å²) in [6.45, 7) is 8.60. The normalized spacial score (nSPS) is 18.0. The number of carbonyl (C=O) groups is 2. The Morgan fingerprint density at radius 1 is 1.19 bits per heavy atom. The third kappa shape index (κ3) is 6.09. The molecule has 0 saturated carbocycles. The predicted octanol–water partition coefficient (Wildman–Crippen LogP) is 6.10. The first-order valence-electron chi connectivity index (χ1n) is 13.0. The van der Waals surface area contributed by atoms with Gasteiger partial charge in [0.15, 0.2) is 0 Å². The number of hydrogen-bond acceptors (Lipinski definition) is 7. The van der Waals surface area contributed by atoms with E-state index in [4.69, 9.17) is 21.9 Å². The number of pyridine rings is 1. The van der Waals surface area contributed by atoms with E-state index in [0.29, 0.717) is 35.5 Å². The lowest BCUT2D eigenvalue weighted by Crippen LogP contribution is -2.37. The molecule has 3 heterocycles. The van der Waals surface area contributed by atoms with Crippen LogP contribution >= 0.6 is 24.0 Å². The van der Waals surface area contributed by atoms with E-state index >= 15 is 0 Å². The van der Waals surface area contributed by atoms with E-state index in [2.05, 4.69) is 36.9 Å². The highest BCUT2D eigenvalue weighted by atomic mass is 32.2. The van der Waals surface area contributed by atoms with Crippen LogP contribution in [0, 0.1) is 12.8 Å². The van der Waals surface area contributed by atoms with E-state index < -0.39 is 0 Å². The fraction of sp³-hybridized carbons (Fsp3) is 0.500. The standard InChI is InChI=1S/C28H35N3O3S2/c1-4-6-7-8-13-31-26(32)24(36-28(31)35)18-22-17-21-16-19(3)9-10-23(21)29-25(22)30-14-11-20(12-15-30)27(33)34-5-2/h9-10,16-18,20H,4-8,11-15H2,1-3H3/b24-18-. The van der Waals surface area contributed by atoms with Crippen molar-refractivity contribution in [2.45, 2.75) is 59.3 Å². The number of carbonyl (C=O) groups excluding carboxylic acids is 2. The Bertz CT molecular complexity index is 1170. The number of ether oxygens (including phenoxy) is 1. The number of nitrogens with zero attached hydrogens (tertiary/aromatic N) is 3. The van der Waals surface area contributed by atoms with Crippen molar-refractivity contribution in [3.8, 4) is 0 Å². The molecule has 192 valence electrons. The maximum absolute atomic E-state index is 13.2. The number of aryl methyl sites for hydroxylation is 1. The molecule has 0 bridgehead atoms. The van der Waals surface area contributed by atoms with E-state index in [1.54, 1.807) is 4.90 Å². The zero-order valence-electron chi connectivity index (χ0n) is 21.4. The number of rotatable bonds is 9. The highest BCUT2D eigenvalue weighted by Crippen LogP contribution is 2.36. The average molecular weight is 526 g/mol. The molecule has 36 heavy (non-hydrogen) atoms. The van der Waals surface area contributed by atoms with Crippen molar-refractivity contribution in [1.29, 1.82) is 0 Å². The van der Waals surface area contributed by atoms with Crippen LogP contribution in [0.5, 0.6) is 0 Å². The Labute approximate surface area is 223 Å². The maximum atomic E-state index is 13.2. The van der Waals surface area contributed by atoms with Crippen LogP contribution in [0.4, 0.5) is 5.82 Å². The van der Waals surface area contributed by atoms with Crippen molar-refractivity contribution in [2.24, 2.45) is 5.92 Å². The molecule has 2 aromatic rings. The first kappa shape index (κ1) is 26.6. The molecule has 6 nitrogen and oxygen atoms in total. The van der Waals surface area contributed by atoms with Crippen LogP contribution in [0.15, 0.2) is 29.2 Å². The number of amides is 1. The SMILES string of the molecule is CCCCCCN1C(=O)/C(=C/c2cc3cc(C)ccc3nc2N2CCC(C(=O)OCC)CC2)SC1=S. The molecule has 0 aliphatic carbocycles. The van der Waals surface area contributed by atoms with Gasteiger partial charge < -0.3 is 9.64 Å². The van der Waals surface area contributed by atoms with Gasteiger partial charge in [-0.15, -0.1) is 0 Å². The van der Waals surface area contributed by atoms with Crippen LogP contribution in [0.1, 0.15) is 63.5 Å². The van der Waals surface area contributed by atoms with Crippen LogP contribution < -0.4 is 4.90 Å². The minimum atomic E-state index is -0.109. The van der Waals surface area contributed by atoms with Crippen molar-refractivity contribution < 1.29 is 14.3 Å². The summed E-state index contributed by atoms with van der Waals surface area (Å²) in [5.74, 6) is 0.651. The number of thiocarbonyl (C=S) groups is 1. The first-order valence-corrected chi connectivity index (χ1v) is 14.2. The highest BCUT2D eigenvalue weighted by Gasteiger charge is 2.32. The molecule has 2 fully saturated rings. The Morgan fingerprint density at radius 2 is 1.97 bits per heavy atom. The number of thioether (sulfide) groups is 1. The van der Waals surface area contributed by atoms with Crippen LogP contribution in [0.2, 0.25) is 0 Å². The van der Waals surface area contributed by atoms with Crippen LogP contribution in [-0.2, 0) is 14.3 Å². The van der Waals surface area contributed by atoms with E-state index in [9.17, 15) is 9.59 Å². The number of hydrogen-bond donors (Lipinski definition) is 0. The second kappa shape index (κ2) is 12.2. The van der Waals surface area contributed by atoms with E-state index in [0.717, 1.165) is 60.0 Å². The summed E-state index contributed by atoms with van der Waals surface area (Å²) in [4.78, 5) is 35.1. The summed E-state index contributed by atoms with van der Waals surface area (Å²) in [6.07, 6.45) is 7.80. The molecular formula is C28H35N3O3S2. The first-order chi connectivity index (χ1) is 17.4. The lowest BCUT2D eigenvalue weighted by atomic mass is 9.96. The van der Waals surface area contributed by atoms with Gasteiger partial charge in [0.2, 0.25) is 0 Å². The van der Waals surface area contributed by atoms with Crippen molar-refractivity contribution in [3.05, 3.63) is 40.3 Å². The number of aromatic nitrogens is 1. The molecule has 0 atom stereocenters. The summed E-state index contributed by atoms with van der Waals surface area (Å²) >= 11 is 6.93. The molecule has 1 aromatic carbocycles. The van der Waals surface area contributed by atoms with Gasteiger partial charge in [0, 0.05) is 30.6 Å². The molecule has 0 radical (unpaired) electrons. The van der Waals surface area contributed by atoms with Crippen molar-refractivity contribution in [3.63, 3.8) is 0 Å². The van der Waals surface area contributed by atoms with Crippen molar-refractivity contribution in [1.82, 2.24) is 9.88 Å². The van der Waals surface area contributed by atoms with Crippen LogP contribution in [0.25, 0.3) is 17.0 Å². The summed E-state index contributed by atoms with van der Waals surface area (Å²) in [5.41, 5.74) is 2.99. The van der Waals surface area contributed by atoms with Gasteiger partial charge in [0.05, 0.1) is 22.9 Å². The van der Waals surface area contributed by atoms with Gasteiger partial charge in [0.25, 0.3) is 5.91 Å². The molecule has 2 aliphatic rings. The Balaban J connectivity index is 1.61. The monoisotopic (exact) mass is 525 g/mol. The summed E-state index contributed by atoms with van der Waals surface area (Å²) in [5, 5.41) is 1.04. The number of benzene rings is 1. The summed E-state index contributed by atoms with van der Waals surface area (Å²) in [7, 11) is 0. The third-order valence-electron chi connectivity index (χ3n) is 6.79. The lowest BCUT2D eigenvalue weighted by Gasteiger charge is -2.32. The lowest BCUT2D eigenvalue weighted by molar-refractivity contribution is -0.148. The Hall–Kier alpha value is -2.45. The molecule has 8 heteroatoms. The minimum absolute atomic E-state index is 0.0159. The fourth-order valence-corrected chi connectivity index (χ4v) is 6.08. The topological polar surface area (TPSA) is 62.7 Å². The summed E-state index contributed by atoms with van der Waals surface area (Å²) < 4.78 is 5.87. The zero-order chi connectivity index (χ0) is 25.7. The number of esters is 1. The second-order valence-corrected chi connectivity index (χ2v) is 11.2. The predicted molar refractivity (Wildman–Crippen MR) is 152 cm³/mol. The third-order valence-corrected chi connectivity index (χ3v) is 8.17. The van der Waals surface area contributed by atoms with Gasteiger partial charge in [-0.1, -0.05) is 61.8 Å². The highest BCUT2D eigenvalue weighted by molar-refractivity contribution is 8.26. The number of anilines is 1. The van der Waals surface area contributed by atoms with Gasteiger partial charge in [0.1, 0.15) is 10.1 Å². The summed E-state index contributed by atoms with van der Waals surface area (Å²) in [6, 6.07) is 8.35. The van der Waals surface area contributed by atoms with Gasteiger partial charge in [-0.05, 0) is 57.4 Å². The van der Waals surface area contributed by atoms with Crippen molar-refractivity contribution >= 4 is 63.0 Å². The smallest absolute Gasteiger partial charge is 0.309 e. The van der Waals surface area contributed by atoms with Gasteiger partial charge in [-0.25, -0.2) is 4.98 Å². The molecule has 2 aliphatic heterocycles. The maximum Gasteiger partial charge on any atom is 0.309 e. The van der Waals surface area contributed by atoms with Gasteiger partial charge in [-0.3, -0.25) is 14.5 Å². The van der Waals surface area contributed by atoms with E-state index in [1.807, 2.05) is 19.1 Å². The van der Waals surface area contributed by atoms with Gasteiger partial charge >= 0.3 is 5.97 Å². The molecule has 2 saturated heterocycles. The van der Waals surface area contributed by atoms with E-state index in [-0.39, 0.29) is 17.8 Å². The Kier molecular flexibility index (Phi) is 9.01. The minimum Gasteiger partial charge on any atom is -0.466 e. The molecule has 0 unspecified atom stereocenters. The quantitative estimate of drug-likeness (QED) is 0.170. The number of unbranched alkanes of at least 4 members (excludes halogenated alkanes) is 3. The fourth-order valence-electron chi connectivity index (χ4n) is 4.78. The van der Waals surface area contributed by atoms with Gasteiger partial charge in [-0.2, -0.15) is 0 Å². The molecule has 0 N–H and O–H groups in total. The second-order valence-electron chi connectivity index (χ2n) is 9.50. The zero-order valence-corrected chi connectivity index (χ0v) is 23.1. The number of piperidine rings is 1. The average Bonchev–Trinajstić information content (AvgIpc) is 3.13. The number of fused-ring (bicyclic) bond motifs is 1. The largest absolute Gasteiger partial charge is 0.466 e. The molecular weight excluding hydrogens is 490 g/mol. The Morgan fingerprint density at radius 3 is 2.69 bits per heavy atom. The van der Waals surface area contributed by atoms with E-state index in [1.165, 1.54) is 18.2 Å². The van der Waals surface area contributed by atoms with Crippen LogP contribution in [0.3, 0.4) is 0 Å². The molecule has 1 amide bonds.